The van der Waals surface area contributed by atoms with Crippen LogP contribution in [0.25, 0.3) is 0 Å². The maximum absolute atomic E-state index is 4.46. The third-order valence-corrected chi connectivity index (χ3v) is 4.31. The van der Waals surface area contributed by atoms with Gasteiger partial charge in [0.05, 0.1) is 0 Å². The van der Waals surface area contributed by atoms with Crippen LogP contribution in [0.15, 0.2) is 6.33 Å². The number of anilines is 1. The summed E-state index contributed by atoms with van der Waals surface area (Å²) < 4.78 is 0. The largest absolute Gasteiger partial charge is 0.367 e. The van der Waals surface area contributed by atoms with Gasteiger partial charge in [-0.25, -0.2) is 9.97 Å². The minimum atomic E-state index is 0.556. The van der Waals surface area contributed by atoms with E-state index < -0.39 is 0 Å². The molecule has 3 rings (SSSR count). The maximum Gasteiger partial charge on any atom is 0.133 e. The Morgan fingerprint density at radius 2 is 2.22 bits per heavy atom. The molecule has 0 amide bonds. The molecule has 4 nitrogen and oxygen atoms in total. The fourth-order valence-electron chi connectivity index (χ4n) is 3.23. The first-order chi connectivity index (χ1) is 8.74. The van der Waals surface area contributed by atoms with Gasteiger partial charge in [0, 0.05) is 23.8 Å². The molecule has 0 spiro atoms. The van der Waals surface area contributed by atoms with Gasteiger partial charge in [-0.05, 0) is 45.2 Å². The molecule has 1 N–H and O–H groups in total. The summed E-state index contributed by atoms with van der Waals surface area (Å²) in [4.78, 5) is 11.3. The first kappa shape index (κ1) is 11.9. The van der Waals surface area contributed by atoms with Crippen LogP contribution in [0.2, 0.25) is 0 Å². The van der Waals surface area contributed by atoms with Crippen molar-refractivity contribution in [2.75, 3.05) is 25.5 Å². The molecule has 2 aliphatic rings. The van der Waals surface area contributed by atoms with Crippen LogP contribution in [0.4, 0.5) is 5.82 Å². The molecule has 1 aromatic heterocycles. The molecule has 0 radical (unpaired) electrons. The van der Waals surface area contributed by atoms with Crippen molar-refractivity contribution in [3.05, 3.63) is 17.6 Å². The second kappa shape index (κ2) is 4.84. The highest BCUT2D eigenvalue weighted by Gasteiger charge is 2.26. The normalized spacial score (nSPS) is 28.1. The number of hydrogen-bond donors (Lipinski definition) is 1. The number of nitrogens with zero attached hydrogens (tertiary/aromatic N) is 3. The molecule has 4 heteroatoms. The number of rotatable bonds is 2. The maximum atomic E-state index is 4.46. The van der Waals surface area contributed by atoms with E-state index in [1.165, 1.54) is 37.2 Å². The molecule has 1 aliphatic carbocycles. The molecule has 0 bridgehead atoms. The van der Waals surface area contributed by atoms with Crippen LogP contribution in [0.1, 0.15) is 31.0 Å². The standard InChI is InChI=1S/C14H22N4/c1-10-8-18(2)7-6-12(10)17-14-11-4-3-5-13(11)15-9-16-14/h9-10,12H,3-8H2,1-2H3,(H,15,16,17). The smallest absolute Gasteiger partial charge is 0.133 e. The molecule has 98 valence electrons. The number of fused-ring (bicyclic) bond motifs is 1. The van der Waals surface area contributed by atoms with E-state index in [2.05, 4.69) is 34.2 Å². The highest BCUT2D eigenvalue weighted by Crippen LogP contribution is 2.27. The zero-order valence-corrected chi connectivity index (χ0v) is 11.3. The Morgan fingerprint density at radius 3 is 3.06 bits per heavy atom. The summed E-state index contributed by atoms with van der Waals surface area (Å²) in [6.07, 6.45) is 6.41. The highest BCUT2D eigenvalue weighted by atomic mass is 15.1. The molecule has 1 saturated heterocycles. The molecule has 2 heterocycles. The van der Waals surface area contributed by atoms with E-state index in [0.717, 1.165) is 18.7 Å². The monoisotopic (exact) mass is 246 g/mol. The number of hydrogen-bond acceptors (Lipinski definition) is 4. The molecule has 1 aromatic rings. The quantitative estimate of drug-likeness (QED) is 0.862. The van der Waals surface area contributed by atoms with E-state index in [1.54, 1.807) is 6.33 Å². The number of aryl methyl sites for hydroxylation is 1. The lowest BCUT2D eigenvalue weighted by atomic mass is 9.94. The van der Waals surface area contributed by atoms with Crippen molar-refractivity contribution in [2.24, 2.45) is 5.92 Å². The van der Waals surface area contributed by atoms with Gasteiger partial charge in [0.25, 0.3) is 0 Å². The number of nitrogens with one attached hydrogen (secondary N) is 1. The average Bonchev–Trinajstić information content (AvgIpc) is 2.82. The van der Waals surface area contributed by atoms with Gasteiger partial charge in [-0.2, -0.15) is 0 Å². The van der Waals surface area contributed by atoms with Crippen molar-refractivity contribution in [1.29, 1.82) is 0 Å². The van der Waals surface area contributed by atoms with E-state index in [9.17, 15) is 0 Å². The van der Waals surface area contributed by atoms with Crippen molar-refractivity contribution in [3.63, 3.8) is 0 Å². The zero-order valence-electron chi connectivity index (χ0n) is 11.3. The summed E-state index contributed by atoms with van der Waals surface area (Å²) in [7, 11) is 2.20. The van der Waals surface area contributed by atoms with Crippen LogP contribution in [-0.4, -0.2) is 41.0 Å². The van der Waals surface area contributed by atoms with E-state index in [-0.39, 0.29) is 0 Å². The Balaban J connectivity index is 1.75. The Bertz CT molecular complexity index is 432. The third-order valence-electron chi connectivity index (χ3n) is 4.31. The van der Waals surface area contributed by atoms with Gasteiger partial charge in [-0.15, -0.1) is 0 Å². The molecular weight excluding hydrogens is 224 g/mol. The van der Waals surface area contributed by atoms with Crippen LogP contribution in [-0.2, 0) is 12.8 Å². The molecule has 0 saturated carbocycles. The molecule has 0 aromatic carbocycles. The predicted octanol–water partition coefficient (Wildman–Crippen LogP) is 1.72. The highest BCUT2D eigenvalue weighted by molar-refractivity contribution is 5.48. The summed E-state index contributed by atoms with van der Waals surface area (Å²) in [5, 5.41) is 3.67. The second-order valence-electron chi connectivity index (χ2n) is 5.78. The minimum absolute atomic E-state index is 0.556. The molecule has 2 atom stereocenters. The fourth-order valence-corrected chi connectivity index (χ4v) is 3.23. The van der Waals surface area contributed by atoms with Gasteiger partial charge >= 0.3 is 0 Å². The van der Waals surface area contributed by atoms with Gasteiger partial charge in [0.2, 0.25) is 0 Å². The van der Waals surface area contributed by atoms with Gasteiger partial charge in [0.15, 0.2) is 0 Å². The summed E-state index contributed by atoms with van der Waals surface area (Å²) in [6, 6.07) is 0.556. The number of aromatic nitrogens is 2. The van der Waals surface area contributed by atoms with E-state index >= 15 is 0 Å². The molecule has 18 heavy (non-hydrogen) atoms. The lowest BCUT2D eigenvalue weighted by Crippen LogP contribution is -2.43. The van der Waals surface area contributed by atoms with Crippen molar-refractivity contribution in [2.45, 2.75) is 38.6 Å². The SMILES string of the molecule is CC1CN(C)CCC1Nc1ncnc2c1CCC2. The van der Waals surface area contributed by atoms with Gasteiger partial charge in [-0.3, -0.25) is 0 Å². The first-order valence-electron chi connectivity index (χ1n) is 7.02. The van der Waals surface area contributed by atoms with Crippen LogP contribution in [0.3, 0.4) is 0 Å². The molecular formula is C14H22N4. The number of piperidine rings is 1. The lowest BCUT2D eigenvalue weighted by Gasteiger charge is -2.35. The van der Waals surface area contributed by atoms with Crippen molar-refractivity contribution in [3.8, 4) is 0 Å². The topological polar surface area (TPSA) is 41.0 Å². The summed E-state index contributed by atoms with van der Waals surface area (Å²) >= 11 is 0. The Hall–Kier alpha value is -1.16. The third kappa shape index (κ3) is 2.21. The fraction of sp³-hybridized carbons (Fsp3) is 0.714. The Morgan fingerprint density at radius 1 is 1.33 bits per heavy atom. The van der Waals surface area contributed by atoms with Crippen LogP contribution in [0.5, 0.6) is 0 Å². The minimum Gasteiger partial charge on any atom is -0.367 e. The van der Waals surface area contributed by atoms with Crippen molar-refractivity contribution >= 4 is 5.82 Å². The van der Waals surface area contributed by atoms with Crippen LogP contribution in [0, 0.1) is 5.92 Å². The van der Waals surface area contributed by atoms with E-state index in [4.69, 9.17) is 0 Å². The Kier molecular flexibility index (Phi) is 3.20. The molecule has 1 aliphatic heterocycles. The predicted molar refractivity (Wildman–Crippen MR) is 72.7 cm³/mol. The van der Waals surface area contributed by atoms with Crippen molar-refractivity contribution < 1.29 is 0 Å². The first-order valence-corrected chi connectivity index (χ1v) is 7.02. The van der Waals surface area contributed by atoms with Gasteiger partial charge in [-0.1, -0.05) is 6.92 Å². The number of likely N-dealkylation sites (tertiary alicyclic amines) is 1. The molecule has 1 fully saturated rings. The van der Waals surface area contributed by atoms with Crippen LogP contribution >= 0.6 is 0 Å². The lowest BCUT2D eigenvalue weighted by molar-refractivity contribution is 0.206. The van der Waals surface area contributed by atoms with Gasteiger partial charge in [0.1, 0.15) is 12.1 Å². The summed E-state index contributed by atoms with van der Waals surface area (Å²) in [5.74, 6) is 1.77. The van der Waals surface area contributed by atoms with Crippen LogP contribution < -0.4 is 5.32 Å². The molecule has 2 unspecified atom stereocenters. The summed E-state index contributed by atoms with van der Waals surface area (Å²) in [5.41, 5.74) is 2.62. The van der Waals surface area contributed by atoms with E-state index in [1.807, 2.05) is 0 Å². The average molecular weight is 246 g/mol. The van der Waals surface area contributed by atoms with Crippen molar-refractivity contribution in [1.82, 2.24) is 14.9 Å². The summed E-state index contributed by atoms with van der Waals surface area (Å²) in [6.45, 7) is 4.68. The van der Waals surface area contributed by atoms with E-state index in [0.29, 0.717) is 12.0 Å². The zero-order chi connectivity index (χ0) is 12.5. The van der Waals surface area contributed by atoms with Gasteiger partial charge < -0.3 is 10.2 Å². The second-order valence-corrected chi connectivity index (χ2v) is 5.78. The Labute approximate surface area is 109 Å².